The van der Waals surface area contributed by atoms with Crippen LogP contribution in [0.3, 0.4) is 0 Å². The number of nitrogen functional groups attached to an aromatic ring is 1. The van der Waals surface area contributed by atoms with Crippen molar-refractivity contribution in [2.45, 2.75) is 45.3 Å². The molecule has 0 bridgehead atoms. The van der Waals surface area contributed by atoms with Crippen molar-refractivity contribution in [3.8, 4) is 11.4 Å². The fraction of sp³-hybridized carbons (Fsp3) is 0.500. The van der Waals surface area contributed by atoms with Gasteiger partial charge in [0.15, 0.2) is 24.3 Å². The lowest BCUT2D eigenvalue weighted by Gasteiger charge is -2.24. The molecule has 3 rings (SSSR count). The molecule has 0 saturated carbocycles. The van der Waals surface area contributed by atoms with Crippen LogP contribution in [0.15, 0.2) is 11.0 Å². The minimum absolute atomic E-state index is 0.0966. The molecule has 0 aromatic heterocycles. The van der Waals surface area contributed by atoms with Crippen LogP contribution in [0.2, 0.25) is 0 Å². The highest BCUT2D eigenvalue weighted by atomic mass is 16.7. The average Bonchev–Trinajstić information content (AvgIpc) is 3.15. The van der Waals surface area contributed by atoms with Crippen LogP contribution in [0.25, 0.3) is 11.4 Å². The van der Waals surface area contributed by atoms with Crippen LogP contribution in [0, 0.1) is 0 Å². The van der Waals surface area contributed by atoms with Gasteiger partial charge < -0.3 is 29.8 Å². The molecule has 156 valence electrons. The second-order valence-electron chi connectivity index (χ2n) is 6.28. The predicted octanol–water partition coefficient (Wildman–Crippen LogP) is -1.02. The molecule has 0 aromatic rings. The van der Waals surface area contributed by atoms with Gasteiger partial charge in [-0.15, -0.1) is 0 Å². The van der Waals surface area contributed by atoms with Crippen molar-refractivity contribution in [3.05, 3.63) is 16.6 Å². The van der Waals surface area contributed by atoms with Crippen LogP contribution in [0.5, 0.6) is 0 Å². The normalized spacial score (nSPS) is 23.7. The molecule has 29 heavy (non-hydrogen) atoms. The molecule has 3 heterocycles. The smallest absolute Gasteiger partial charge is 0.303 e. The Morgan fingerprint density at radius 2 is 1.79 bits per heavy atom. The van der Waals surface area contributed by atoms with E-state index in [0.29, 0.717) is 0 Å². The topological polar surface area (TPSA) is 178 Å². The van der Waals surface area contributed by atoms with Crippen molar-refractivity contribution in [2.24, 2.45) is 0 Å². The highest BCUT2D eigenvalue weighted by molar-refractivity contribution is 5.68. The standard InChI is InChI=1S/C16H19N5O8/c1-6(22)26-5-10-11(27-7(2)23)12(28-8(3)24)15(29-10)21-13-9(4-18-21)14(25)20-16(17)19-13/h4,10-12,15,18H,5H2,1-3H3,(H2,17,20,25)/t10-,11-,12-,15-/m1/s1. The van der Waals surface area contributed by atoms with E-state index in [1.54, 1.807) is 0 Å². The van der Waals surface area contributed by atoms with E-state index in [4.69, 9.17) is 24.7 Å². The van der Waals surface area contributed by atoms with Gasteiger partial charge in [-0.05, 0) is 0 Å². The first-order chi connectivity index (χ1) is 13.7. The number of carbonyl (C=O) groups is 3. The lowest BCUT2D eigenvalue weighted by atomic mass is 10.1. The summed E-state index contributed by atoms with van der Waals surface area (Å²) in [7, 11) is 0. The third kappa shape index (κ3) is 4.18. The van der Waals surface area contributed by atoms with Gasteiger partial charge in [0.1, 0.15) is 18.3 Å². The molecule has 13 heteroatoms. The van der Waals surface area contributed by atoms with Crippen LogP contribution < -0.4 is 11.3 Å². The molecule has 0 aliphatic carbocycles. The van der Waals surface area contributed by atoms with Crippen molar-refractivity contribution < 1.29 is 33.3 Å². The van der Waals surface area contributed by atoms with E-state index in [-0.39, 0.29) is 23.9 Å². The number of H-pyrrole nitrogens is 1. The number of rotatable bonds is 5. The number of esters is 3. The monoisotopic (exact) mass is 409 g/mol. The Bertz CT molecular complexity index is 969. The third-order valence-corrected chi connectivity index (χ3v) is 4.08. The number of hydrogen-bond donors (Lipinski definition) is 2. The summed E-state index contributed by atoms with van der Waals surface area (Å²) in [4.78, 5) is 54.1. The van der Waals surface area contributed by atoms with Gasteiger partial charge in [0.25, 0.3) is 5.56 Å². The van der Waals surface area contributed by atoms with Gasteiger partial charge in [0.2, 0.25) is 5.95 Å². The van der Waals surface area contributed by atoms with Gasteiger partial charge in [-0.3, -0.25) is 19.2 Å². The van der Waals surface area contributed by atoms with Gasteiger partial charge >= 0.3 is 17.9 Å². The van der Waals surface area contributed by atoms with Gasteiger partial charge in [-0.25, -0.2) is 4.68 Å². The van der Waals surface area contributed by atoms with Crippen LogP contribution in [0.4, 0.5) is 5.95 Å². The van der Waals surface area contributed by atoms with E-state index >= 15 is 0 Å². The van der Waals surface area contributed by atoms with Crippen molar-refractivity contribution in [1.82, 2.24) is 19.7 Å². The van der Waals surface area contributed by atoms with Gasteiger partial charge in [-0.1, -0.05) is 0 Å². The van der Waals surface area contributed by atoms with E-state index in [0.717, 1.165) is 0 Å². The molecular weight excluding hydrogens is 390 g/mol. The molecule has 0 aromatic carbocycles. The summed E-state index contributed by atoms with van der Waals surface area (Å²) in [6.45, 7) is 3.30. The maximum atomic E-state index is 12.0. The molecule has 3 N–H and O–H groups in total. The summed E-state index contributed by atoms with van der Waals surface area (Å²) in [5.41, 5.74) is 5.07. The van der Waals surface area contributed by atoms with Gasteiger partial charge in [-0.2, -0.15) is 9.97 Å². The Morgan fingerprint density at radius 3 is 2.41 bits per heavy atom. The molecule has 4 atom stereocenters. The largest absolute Gasteiger partial charge is 0.463 e. The van der Waals surface area contributed by atoms with E-state index in [9.17, 15) is 19.2 Å². The molecule has 0 spiro atoms. The second-order valence-corrected chi connectivity index (χ2v) is 6.28. The van der Waals surface area contributed by atoms with Crippen LogP contribution in [0.1, 0.15) is 27.0 Å². The number of nitrogens with two attached hydrogens (primary N) is 1. The number of carbonyl (C=O) groups excluding carboxylic acids is 3. The Balaban J connectivity index is 2.03. The molecule has 0 unspecified atom stereocenters. The van der Waals surface area contributed by atoms with Gasteiger partial charge in [0.05, 0.1) is 0 Å². The number of hydrogen-bond acceptors (Lipinski definition) is 11. The van der Waals surface area contributed by atoms with Crippen molar-refractivity contribution in [1.29, 1.82) is 0 Å². The number of nitrogens with zero attached hydrogens (tertiary/aromatic N) is 3. The molecule has 13 nitrogen and oxygen atoms in total. The first-order valence-electron chi connectivity index (χ1n) is 8.53. The SMILES string of the molecule is CC(=O)OC[C@H]1O[C@@H](n2[nH]cc3c(=O)nc(N)nc2-3)[C@H](OC(C)=O)[C@@H]1OC(C)=O. The average molecular weight is 409 g/mol. The van der Waals surface area contributed by atoms with Crippen LogP contribution in [-0.4, -0.2) is 62.6 Å². The Hall–Kier alpha value is -3.48. The number of aromatic amines is 1. The van der Waals surface area contributed by atoms with Crippen LogP contribution >= 0.6 is 0 Å². The fourth-order valence-corrected chi connectivity index (χ4v) is 3.05. The van der Waals surface area contributed by atoms with E-state index < -0.39 is 48.0 Å². The summed E-state index contributed by atoms with van der Waals surface area (Å²) >= 11 is 0. The highest BCUT2D eigenvalue weighted by Gasteiger charge is 2.51. The zero-order valence-electron chi connectivity index (χ0n) is 15.8. The number of ether oxygens (including phenoxy) is 4. The lowest BCUT2D eigenvalue weighted by Crippen LogP contribution is -2.40. The number of aromatic nitrogens is 4. The highest BCUT2D eigenvalue weighted by Crippen LogP contribution is 2.36. The van der Waals surface area contributed by atoms with Crippen molar-refractivity contribution in [3.63, 3.8) is 0 Å². The Kier molecular flexibility index (Phi) is 5.50. The molecular formula is C16H19N5O8. The summed E-state index contributed by atoms with van der Waals surface area (Å²) < 4.78 is 22.7. The van der Waals surface area contributed by atoms with E-state index in [2.05, 4.69) is 15.1 Å². The molecule has 1 fully saturated rings. The fourth-order valence-electron chi connectivity index (χ4n) is 3.05. The summed E-state index contributed by atoms with van der Waals surface area (Å²) in [5, 5.41) is 2.78. The predicted molar refractivity (Wildman–Crippen MR) is 93.3 cm³/mol. The van der Waals surface area contributed by atoms with Crippen molar-refractivity contribution >= 4 is 23.9 Å². The second kappa shape index (κ2) is 7.87. The third-order valence-electron chi connectivity index (χ3n) is 4.08. The Morgan fingerprint density at radius 1 is 1.14 bits per heavy atom. The van der Waals surface area contributed by atoms with Crippen LogP contribution in [-0.2, 0) is 33.3 Å². The van der Waals surface area contributed by atoms with E-state index in [1.807, 2.05) is 0 Å². The number of anilines is 1. The summed E-state index contributed by atoms with van der Waals surface area (Å²) in [5.74, 6) is -2.05. The first kappa shape index (κ1) is 20.3. The zero-order valence-corrected chi connectivity index (χ0v) is 15.8. The lowest BCUT2D eigenvalue weighted by molar-refractivity contribution is -0.166. The first-order valence-corrected chi connectivity index (χ1v) is 8.53. The van der Waals surface area contributed by atoms with E-state index in [1.165, 1.54) is 31.6 Å². The Labute approximate surface area is 163 Å². The minimum atomic E-state index is -1.13. The molecule has 3 aliphatic heterocycles. The molecule has 0 amide bonds. The van der Waals surface area contributed by atoms with Gasteiger partial charge in [0, 0.05) is 27.0 Å². The number of nitrogens with one attached hydrogen (secondary N) is 1. The minimum Gasteiger partial charge on any atom is -0.463 e. The quantitative estimate of drug-likeness (QED) is 0.456. The summed E-state index contributed by atoms with van der Waals surface area (Å²) in [6, 6.07) is 0. The molecule has 1 saturated heterocycles. The maximum Gasteiger partial charge on any atom is 0.303 e. The zero-order chi connectivity index (χ0) is 21.3. The molecule has 0 radical (unpaired) electrons. The maximum absolute atomic E-state index is 12.0. The number of fused-ring (bicyclic) bond motifs is 1. The molecule has 3 aliphatic rings. The van der Waals surface area contributed by atoms with Crippen molar-refractivity contribution in [2.75, 3.05) is 12.3 Å². The summed E-state index contributed by atoms with van der Waals surface area (Å²) in [6.07, 6.45) is -2.91.